The average molecular weight is 376 g/mol. The van der Waals surface area contributed by atoms with Gasteiger partial charge in [0.25, 0.3) is 5.91 Å². The molecule has 0 aliphatic heterocycles. The minimum Gasteiger partial charge on any atom is -0.267 e. The summed E-state index contributed by atoms with van der Waals surface area (Å²) in [6.45, 7) is 0. The van der Waals surface area contributed by atoms with Crippen LogP contribution in [0.1, 0.15) is 15.2 Å². The van der Waals surface area contributed by atoms with E-state index in [0.29, 0.717) is 16.3 Å². The number of aromatic nitrogens is 3. The SMILES string of the molecule is O=C(NN=Cc1sc(=O)[nH]c1-[n+]1ccc2ccccc2c1)c1cccnc1. The van der Waals surface area contributed by atoms with Gasteiger partial charge in [-0.1, -0.05) is 24.3 Å². The van der Waals surface area contributed by atoms with Gasteiger partial charge in [0.2, 0.25) is 0 Å². The molecule has 0 atom stereocenters. The number of amides is 1. The Labute approximate surface area is 157 Å². The van der Waals surface area contributed by atoms with Crippen LogP contribution < -0.4 is 14.9 Å². The van der Waals surface area contributed by atoms with Crippen molar-refractivity contribution in [3.63, 3.8) is 0 Å². The zero-order valence-corrected chi connectivity index (χ0v) is 14.8. The molecule has 1 aromatic carbocycles. The molecule has 0 fully saturated rings. The van der Waals surface area contributed by atoms with Crippen LogP contribution in [0.25, 0.3) is 16.6 Å². The highest BCUT2D eigenvalue weighted by Gasteiger charge is 2.16. The van der Waals surface area contributed by atoms with Crippen LogP contribution in [0.4, 0.5) is 0 Å². The number of benzene rings is 1. The van der Waals surface area contributed by atoms with Gasteiger partial charge in [0, 0.05) is 17.8 Å². The lowest BCUT2D eigenvalue weighted by molar-refractivity contribution is -0.597. The van der Waals surface area contributed by atoms with E-state index in [1.54, 1.807) is 18.3 Å². The molecule has 3 heterocycles. The molecule has 3 aromatic heterocycles. The average Bonchev–Trinajstić information content (AvgIpc) is 3.08. The molecule has 27 heavy (non-hydrogen) atoms. The van der Waals surface area contributed by atoms with Crippen molar-refractivity contribution in [2.45, 2.75) is 0 Å². The number of hydrogen-bond acceptors (Lipinski definition) is 5. The first kappa shape index (κ1) is 16.8. The molecule has 7 nitrogen and oxygen atoms in total. The largest absolute Gasteiger partial charge is 0.390 e. The van der Waals surface area contributed by atoms with E-state index in [1.807, 2.05) is 47.3 Å². The maximum absolute atomic E-state index is 12.0. The monoisotopic (exact) mass is 376 g/mol. The molecular weight excluding hydrogens is 362 g/mol. The number of aromatic amines is 1. The van der Waals surface area contributed by atoms with Crippen LogP contribution in [-0.4, -0.2) is 22.1 Å². The van der Waals surface area contributed by atoms with E-state index in [4.69, 9.17) is 0 Å². The van der Waals surface area contributed by atoms with Gasteiger partial charge in [-0.25, -0.2) is 14.8 Å². The number of nitrogens with zero attached hydrogens (tertiary/aromatic N) is 3. The standard InChI is InChI=1S/C19H13N5O2S/c25-18(14-6-3-8-20-10-14)23-21-11-16-17(22-19(26)27-16)24-9-7-13-4-1-2-5-15(13)12-24/h1-12H,(H-,21,22,23,25,26)/p+1. The first-order chi connectivity index (χ1) is 13.2. The Bertz CT molecular complexity index is 1200. The summed E-state index contributed by atoms with van der Waals surface area (Å²) in [5.41, 5.74) is 2.84. The Hall–Kier alpha value is -3.65. The Morgan fingerprint density at radius 3 is 2.85 bits per heavy atom. The summed E-state index contributed by atoms with van der Waals surface area (Å²) >= 11 is 1.02. The number of pyridine rings is 2. The van der Waals surface area contributed by atoms with Crippen LogP contribution in [-0.2, 0) is 0 Å². The number of H-pyrrole nitrogens is 1. The van der Waals surface area contributed by atoms with E-state index in [1.165, 1.54) is 12.4 Å². The highest BCUT2D eigenvalue weighted by Crippen LogP contribution is 2.12. The van der Waals surface area contributed by atoms with E-state index in [9.17, 15) is 9.59 Å². The maximum atomic E-state index is 12.0. The zero-order valence-electron chi connectivity index (χ0n) is 14.0. The van der Waals surface area contributed by atoms with Crippen molar-refractivity contribution in [1.82, 2.24) is 15.4 Å². The molecule has 8 heteroatoms. The molecule has 0 aliphatic rings. The summed E-state index contributed by atoms with van der Waals surface area (Å²) in [4.78, 5) is 31.0. The quantitative estimate of drug-likeness (QED) is 0.324. The summed E-state index contributed by atoms with van der Waals surface area (Å²) < 4.78 is 1.82. The molecule has 2 N–H and O–H groups in total. The van der Waals surface area contributed by atoms with Gasteiger partial charge < -0.3 is 0 Å². The summed E-state index contributed by atoms with van der Waals surface area (Å²) in [5.74, 6) is 0.220. The number of carbonyl (C=O) groups excluding carboxylic acids is 1. The molecular formula is C19H14N5O2S+. The minimum atomic E-state index is -0.373. The van der Waals surface area contributed by atoms with E-state index in [2.05, 4.69) is 20.5 Å². The summed E-state index contributed by atoms with van der Waals surface area (Å²) in [5, 5.41) is 6.11. The first-order valence-corrected chi connectivity index (χ1v) is 8.89. The van der Waals surface area contributed by atoms with Gasteiger partial charge in [0.05, 0.1) is 18.0 Å². The molecule has 0 radical (unpaired) electrons. The minimum absolute atomic E-state index is 0.203. The summed E-state index contributed by atoms with van der Waals surface area (Å²) in [6, 6.07) is 13.2. The topological polar surface area (TPSA) is 91.1 Å². The van der Waals surface area contributed by atoms with Gasteiger partial charge in [-0.15, -0.1) is 0 Å². The number of hydrazone groups is 1. The van der Waals surface area contributed by atoms with Crippen LogP contribution in [0.2, 0.25) is 0 Å². The van der Waals surface area contributed by atoms with Gasteiger partial charge >= 0.3 is 10.7 Å². The Kier molecular flexibility index (Phi) is 4.54. The second kappa shape index (κ2) is 7.30. The Morgan fingerprint density at radius 1 is 1.19 bits per heavy atom. The molecule has 0 unspecified atom stereocenters. The molecule has 4 rings (SSSR count). The molecule has 0 saturated carbocycles. The van der Waals surface area contributed by atoms with E-state index in [-0.39, 0.29) is 10.8 Å². The molecule has 0 saturated heterocycles. The lowest BCUT2D eigenvalue weighted by atomic mass is 10.2. The van der Waals surface area contributed by atoms with Crippen LogP contribution in [0, 0.1) is 0 Å². The Balaban J connectivity index is 1.61. The molecule has 0 aliphatic carbocycles. The van der Waals surface area contributed by atoms with Crippen molar-refractivity contribution >= 4 is 34.2 Å². The molecule has 4 aromatic rings. The lowest BCUT2D eigenvalue weighted by Crippen LogP contribution is -2.32. The highest BCUT2D eigenvalue weighted by atomic mass is 32.1. The third-order valence-corrected chi connectivity index (χ3v) is 4.68. The predicted octanol–water partition coefficient (Wildman–Crippen LogP) is 2.03. The fourth-order valence-electron chi connectivity index (χ4n) is 2.60. The van der Waals surface area contributed by atoms with Crippen LogP contribution >= 0.6 is 11.3 Å². The van der Waals surface area contributed by atoms with Crippen molar-refractivity contribution in [3.8, 4) is 5.82 Å². The second-order valence-electron chi connectivity index (χ2n) is 5.65. The Morgan fingerprint density at radius 2 is 2.04 bits per heavy atom. The van der Waals surface area contributed by atoms with Crippen molar-refractivity contribution in [1.29, 1.82) is 0 Å². The lowest BCUT2D eigenvalue weighted by Gasteiger charge is -2.00. The number of fused-ring (bicyclic) bond motifs is 1. The van der Waals surface area contributed by atoms with Gasteiger partial charge in [-0.3, -0.25) is 9.78 Å². The first-order valence-electron chi connectivity index (χ1n) is 8.08. The fourth-order valence-corrected chi connectivity index (χ4v) is 3.30. The van der Waals surface area contributed by atoms with Crippen molar-refractivity contribution in [2.75, 3.05) is 0 Å². The maximum Gasteiger partial charge on any atom is 0.390 e. The summed E-state index contributed by atoms with van der Waals surface area (Å²) in [6.07, 6.45) is 8.29. The highest BCUT2D eigenvalue weighted by molar-refractivity contribution is 7.11. The van der Waals surface area contributed by atoms with Crippen LogP contribution in [0.5, 0.6) is 0 Å². The predicted molar refractivity (Wildman–Crippen MR) is 103 cm³/mol. The number of rotatable bonds is 4. The number of hydrogen-bond donors (Lipinski definition) is 2. The van der Waals surface area contributed by atoms with Gasteiger partial charge in [-0.2, -0.15) is 10.1 Å². The fraction of sp³-hybridized carbons (Fsp3) is 0. The third kappa shape index (κ3) is 3.65. The normalized spacial score (nSPS) is 11.1. The van der Waals surface area contributed by atoms with E-state index >= 15 is 0 Å². The van der Waals surface area contributed by atoms with Crippen molar-refractivity contribution in [2.24, 2.45) is 5.10 Å². The van der Waals surface area contributed by atoms with E-state index < -0.39 is 0 Å². The third-order valence-electron chi connectivity index (χ3n) is 3.88. The van der Waals surface area contributed by atoms with Crippen molar-refractivity contribution < 1.29 is 9.36 Å². The zero-order chi connectivity index (χ0) is 18.6. The molecule has 0 spiro atoms. The van der Waals surface area contributed by atoms with Crippen molar-refractivity contribution in [3.05, 3.63) is 87.4 Å². The molecule has 132 valence electrons. The molecule has 0 bridgehead atoms. The number of carbonyl (C=O) groups is 1. The van der Waals surface area contributed by atoms with E-state index in [0.717, 1.165) is 22.1 Å². The van der Waals surface area contributed by atoms with Gasteiger partial charge in [0.15, 0.2) is 0 Å². The number of thiazole rings is 1. The smallest absolute Gasteiger partial charge is 0.267 e. The second-order valence-corrected chi connectivity index (χ2v) is 6.66. The van der Waals surface area contributed by atoms with Crippen LogP contribution in [0.15, 0.2) is 77.1 Å². The van der Waals surface area contributed by atoms with Crippen LogP contribution in [0.3, 0.4) is 0 Å². The molecule has 1 amide bonds. The number of nitrogens with one attached hydrogen (secondary N) is 2. The van der Waals surface area contributed by atoms with Gasteiger partial charge in [0.1, 0.15) is 11.1 Å². The van der Waals surface area contributed by atoms with Gasteiger partial charge in [-0.05, 0) is 34.9 Å². The summed E-state index contributed by atoms with van der Waals surface area (Å²) in [7, 11) is 0.